The molecule has 0 bridgehead atoms. The van der Waals surface area contributed by atoms with Gasteiger partial charge in [0.1, 0.15) is 5.75 Å². The van der Waals surface area contributed by atoms with E-state index in [0.29, 0.717) is 0 Å². The smallest absolute Gasteiger partial charge is 0.387 e. The fourth-order valence-electron chi connectivity index (χ4n) is 1.27. The molecule has 0 heterocycles. The number of hydrogen-bond acceptors (Lipinski definition) is 4. The van der Waals surface area contributed by atoms with Gasteiger partial charge < -0.3 is 9.84 Å². The van der Waals surface area contributed by atoms with Crippen LogP contribution >= 0.6 is 11.6 Å². The van der Waals surface area contributed by atoms with Crippen molar-refractivity contribution in [1.82, 2.24) is 4.31 Å². The molecular weight excluding hydrogens is 304 g/mol. The zero-order chi connectivity index (χ0) is 14.6. The molecule has 0 aliphatic carbocycles. The summed E-state index contributed by atoms with van der Waals surface area (Å²) in [5.41, 5.74) is 0. The molecule has 0 unspecified atom stereocenters. The third-order valence-electron chi connectivity index (χ3n) is 2.24. The van der Waals surface area contributed by atoms with Crippen LogP contribution in [0, 0.1) is 0 Å². The quantitative estimate of drug-likeness (QED) is 0.865. The Morgan fingerprint density at radius 3 is 2.58 bits per heavy atom. The lowest BCUT2D eigenvalue weighted by atomic mass is 10.3. The van der Waals surface area contributed by atoms with Gasteiger partial charge >= 0.3 is 6.61 Å². The molecule has 19 heavy (non-hydrogen) atoms. The second kappa shape index (κ2) is 6.47. The predicted octanol–water partition coefficient (Wildman–Crippen LogP) is 1.55. The fraction of sp³-hybridized carbons (Fsp3) is 0.400. The average molecular weight is 316 g/mol. The minimum absolute atomic E-state index is 0.0881. The Kier molecular flexibility index (Phi) is 5.48. The van der Waals surface area contributed by atoms with Crippen LogP contribution in [0.4, 0.5) is 8.78 Å². The van der Waals surface area contributed by atoms with Crippen LogP contribution < -0.4 is 4.74 Å². The Morgan fingerprint density at radius 2 is 2.11 bits per heavy atom. The topological polar surface area (TPSA) is 66.8 Å². The number of ether oxygens (including phenoxy) is 1. The van der Waals surface area contributed by atoms with Crippen molar-refractivity contribution >= 4 is 21.6 Å². The number of nitrogens with zero attached hydrogens (tertiary/aromatic N) is 1. The number of benzene rings is 1. The lowest BCUT2D eigenvalue weighted by Crippen LogP contribution is -2.29. The molecule has 0 saturated carbocycles. The van der Waals surface area contributed by atoms with Crippen LogP contribution in [0.5, 0.6) is 5.75 Å². The summed E-state index contributed by atoms with van der Waals surface area (Å²) in [5.74, 6) is -0.305. The number of rotatable bonds is 6. The summed E-state index contributed by atoms with van der Waals surface area (Å²) < 4.78 is 53.0. The second-order valence-electron chi connectivity index (χ2n) is 3.52. The van der Waals surface area contributed by atoms with Crippen LogP contribution in [0.25, 0.3) is 0 Å². The van der Waals surface area contributed by atoms with Crippen molar-refractivity contribution in [2.45, 2.75) is 11.5 Å². The van der Waals surface area contributed by atoms with E-state index in [1.165, 1.54) is 7.05 Å². The zero-order valence-corrected chi connectivity index (χ0v) is 11.5. The summed E-state index contributed by atoms with van der Waals surface area (Å²) in [7, 11) is -2.54. The van der Waals surface area contributed by atoms with E-state index in [0.717, 1.165) is 22.5 Å². The number of alkyl halides is 2. The first-order chi connectivity index (χ1) is 8.78. The summed E-state index contributed by atoms with van der Waals surface area (Å²) >= 11 is 5.67. The van der Waals surface area contributed by atoms with Gasteiger partial charge in [-0.2, -0.15) is 13.1 Å². The molecular formula is C10H12ClF2NO4S. The normalized spacial score (nSPS) is 12.2. The van der Waals surface area contributed by atoms with Crippen LogP contribution in [-0.4, -0.2) is 44.6 Å². The molecule has 1 aromatic carbocycles. The van der Waals surface area contributed by atoms with Gasteiger partial charge in [0, 0.05) is 13.6 Å². The predicted molar refractivity (Wildman–Crippen MR) is 65.0 cm³/mol. The summed E-state index contributed by atoms with van der Waals surface area (Å²) in [6.07, 6.45) is 0. The van der Waals surface area contributed by atoms with E-state index in [2.05, 4.69) is 4.74 Å². The molecule has 0 atom stereocenters. The maximum atomic E-state index is 12.0. The first-order valence-corrected chi connectivity index (χ1v) is 6.92. The molecule has 0 aromatic heterocycles. The number of sulfonamides is 1. The van der Waals surface area contributed by atoms with Crippen LogP contribution in [0.15, 0.2) is 23.1 Å². The maximum Gasteiger partial charge on any atom is 0.387 e. The summed E-state index contributed by atoms with van der Waals surface area (Å²) in [5, 5.41) is 8.47. The Morgan fingerprint density at radius 1 is 1.47 bits per heavy atom. The first-order valence-electron chi connectivity index (χ1n) is 5.10. The monoisotopic (exact) mass is 315 g/mol. The minimum Gasteiger partial charge on any atom is -0.433 e. The Hall–Kier alpha value is -0.960. The molecule has 0 amide bonds. The van der Waals surface area contributed by atoms with E-state index in [1.807, 2.05) is 0 Å². The largest absolute Gasteiger partial charge is 0.433 e. The molecule has 5 nitrogen and oxygen atoms in total. The standard InChI is InChI=1S/C10H12ClF2NO4S/c1-14(4-5-15)19(16,17)7-2-3-9(8(11)6-7)18-10(12)13/h2-3,6,10,15H,4-5H2,1H3. The van der Waals surface area contributed by atoms with Crippen molar-refractivity contribution in [3.63, 3.8) is 0 Å². The molecule has 0 radical (unpaired) electrons. The fourth-order valence-corrected chi connectivity index (χ4v) is 2.75. The van der Waals surface area contributed by atoms with E-state index in [4.69, 9.17) is 16.7 Å². The number of aliphatic hydroxyl groups is 1. The zero-order valence-electron chi connectivity index (χ0n) is 9.88. The molecule has 0 saturated heterocycles. The Bertz CT molecular complexity index is 538. The van der Waals surface area contributed by atoms with Gasteiger partial charge in [0.25, 0.3) is 0 Å². The number of aliphatic hydroxyl groups excluding tert-OH is 1. The van der Waals surface area contributed by atoms with Crippen LogP contribution in [0.3, 0.4) is 0 Å². The van der Waals surface area contributed by atoms with E-state index in [9.17, 15) is 17.2 Å². The van der Waals surface area contributed by atoms with Crippen molar-refractivity contribution < 1.29 is 27.0 Å². The number of halogens is 3. The van der Waals surface area contributed by atoms with Gasteiger partial charge in [-0.25, -0.2) is 8.42 Å². The van der Waals surface area contributed by atoms with Crippen molar-refractivity contribution in [3.8, 4) is 5.75 Å². The highest BCUT2D eigenvalue weighted by Gasteiger charge is 2.21. The highest BCUT2D eigenvalue weighted by atomic mass is 35.5. The Balaban J connectivity index is 3.07. The van der Waals surface area contributed by atoms with Gasteiger partial charge in [0.2, 0.25) is 10.0 Å². The van der Waals surface area contributed by atoms with Crippen LogP contribution in [0.1, 0.15) is 0 Å². The summed E-state index contributed by atoms with van der Waals surface area (Å²) in [6.45, 7) is -3.47. The molecule has 0 aliphatic rings. The van der Waals surface area contributed by atoms with Gasteiger partial charge in [-0.3, -0.25) is 0 Å². The molecule has 1 rings (SSSR count). The molecule has 9 heteroatoms. The van der Waals surface area contributed by atoms with E-state index >= 15 is 0 Å². The first kappa shape index (κ1) is 16.1. The second-order valence-corrected chi connectivity index (χ2v) is 5.97. The maximum absolute atomic E-state index is 12.0. The van der Waals surface area contributed by atoms with Crippen molar-refractivity contribution in [2.75, 3.05) is 20.2 Å². The van der Waals surface area contributed by atoms with E-state index in [1.54, 1.807) is 0 Å². The average Bonchev–Trinajstić information content (AvgIpc) is 2.31. The SMILES string of the molecule is CN(CCO)S(=O)(=O)c1ccc(OC(F)F)c(Cl)c1. The summed E-state index contributed by atoms with van der Waals surface area (Å²) in [4.78, 5) is -0.171. The van der Waals surface area contributed by atoms with Gasteiger partial charge in [-0.15, -0.1) is 0 Å². The van der Waals surface area contributed by atoms with Gasteiger partial charge in [0.15, 0.2) is 0 Å². The third-order valence-corrected chi connectivity index (χ3v) is 4.39. The van der Waals surface area contributed by atoms with E-state index in [-0.39, 0.29) is 28.8 Å². The molecule has 0 spiro atoms. The lowest BCUT2D eigenvalue weighted by molar-refractivity contribution is -0.0498. The molecule has 108 valence electrons. The number of likely N-dealkylation sites (N-methyl/N-ethyl adjacent to an activating group) is 1. The lowest BCUT2D eigenvalue weighted by Gasteiger charge is -2.16. The van der Waals surface area contributed by atoms with E-state index < -0.39 is 16.6 Å². The molecule has 0 aliphatic heterocycles. The van der Waals surface area contributed by atoms with Gasteiger partial charge in [0.05, 0.1) is 16.5 Å². The molecule has 1 aromatic rings. The van der Waals surface area contributed by atoms with Crippen molar-refractivity contribution in [1.29, 1.82) is 0 Å². The van der Waals surface area contributed by atoms with Crippen molar-refractivity contribution in [3.05, 3.63) is 23.2 Å². The third kappa shape index (κ3) is 4.00. The Labute approximate surface area is 114 Å². The molecule has 0 fully saturated rings. The van der Waals surface area contributed by atoms with Gasteiger partial charge in [-0.1, -0.05) is 11.6 Å². The van der Waals surface area contributed by atoms with Gasteiger partial charge in [-0.05, 0) is 18.2 Å². The number of hydrogen-bond donors (Lipinski definition) is 1. The minimum atomic E-state index is -3.82. The summed E-state index contributed by atoms with van der Waals surface area (Å²) in [6, 6.07) is 3.17. The molecule has 1 N–H and O–H groups in total. The van der Waals surface area contributed by atoms with Crippen LogP contribution in [0.2, 0.25) is 5.02 Å². The highest BCUT2D eigenvalue weighted by molar-refractivity contribution is 7.89. The highest BCUT2D eigenvalue weighted by Crippen LogP contribution is 2.29. The van der Waals surface area contributed by atoms with Crippen molar-refractivity contribution in [2.24, 2.45) is 0 Å². The van der Waals surface area contributed by atoms with Crippen LogP contribution in [-0.2, 0) is 10.0 Å².